The third kappa shape index (κ3) is 6.38. The quantitative estimate of drug-likeness (QED) is 0.438. The first kappa shape index (κ1) is 21.5. The summed E-state index contributed by atoms with van der Waals surface area (Å²) in [5, 5.41) is 21.2. The van der Waals surface area contributed by atoms with Gasteiger partial charge >= 0.3 is 0 Å². The molecule has 3 heterocycles. The Bertz CT molecular complexity index is 743. The molecule has 0 bridgehead atoms. The van der Waals surface area contributed by atoms with Gasteiger partial charge in [-0.05, 0) is 42.3 Å². The lowest BCUT2D eigenvalue weighted by atomic mass is 10.00. The van der Waals surface area contributed by atoms with Gasteiger partial charge in [0.05, 0.1) is 6.54 Å². The van der Waals surface area contributed by atoms with Crippen LogP contribution >= 0.6 is 11.3 Å². The largest absolute Gasteiger partial charge is 0.383 e. The summed E-state index contributed by atoms with van der Waals surface area (Å²) in [4.78, 5) is 17.9. The van der Waals surface area contributed by atoms with E-state index in [1.54, 1.807) is 30.7 Å². The van der Waals surface area contributed by atoms with Crippen molar-refractivity contribution in [2.24, 2.45) is 4.99 Å². The van der Waals surface area contributed by atoms with Gasteiger partial charge in [-0.1, -0.05) is 0 Å². The molecule has 0 radical (unpaired) electrons. The van der Waals surface area contributed by atoms with E-state index in [0.29, 0.717) is 6.54 Å². The summed E-state index contributed by atoms with van der Waals surface area (Å²) in [5.41, 5.74) is -0.0552. The molecule has 1 aliphatic rings. The van der Waals surface area contributed by atoms with Crippen molar-refractivity contribution in [3.63, 3.8) is 0 Å². The van der Waals surface area contributed by atoms with Crippen LogP contribution < -0.4 is 15.5 Å². The number of rotatable bonds is 8. The number of aliphatic hydroxyl groups is 1. The summed E-state index contributed by atoms with van der Waals surface area (Å²) < 4.78 is 0. The maximum absolute atomic E-state index is 10.7. The minimum absolute atomic E-state index is 0.314. The first-order valence-corrected chi connectivity index (χ1v) is 11.0. The number of anilines is 1. The maximum Gasteiger partial charge on any atom is 0.225 e. The second kappa shape index (κ2) is 10.5. The van der Waals surface area contributed by atoms with Gasteiger partial charge in [0.2, 0.25) is 5.95 Å². The number of hydrogen-bond acceptors (Lipinski definition) is 7. The van der Waals surface area contributed by atoms with E-state index in [4.69, 9.17) is 0 Å². The molecular weight excluding hydrogens is 386 g/mol. The predicted molar refractivity (Wildman–Crippen MR) is 119 cm³/mol. The van der Waals surface area contributed by atoms with Crippen LogP contribution in [0.15, 0.2) is 40.3 Å². The van der Waals surface area contributed by atoms with Crippen LogP contribution in [0.25, 0.3) is 0 Å². The minimum Gasteiger partial charge on any atom is -0.383 e. The molecule has 158 valence electrons. The molecular formula is C20H31N7OS. The smallest absolute Gasteiger partial charge is 0.225 e. The molecule has 2 aromatic rings. The highest BCUT2D eigenvalue weighted by Crippen LogP contribution is 2.23. The van der Waals surface area contributed by atoms with Gasteiger partial charge in [-0.25, -0.2) is 15.0 Å². The number of nitrogens with zero attached hydrogens (tertiary/aromatic N) is 5. The zero-order valence-corrected chi connectivity index (χ0v) is 18.0. The van der Waals surface area contributed by atoms with Crippen molar-refractivity contribution in [3.8, 4) is 0 Å². The predicted octanol–water partition coefficient (Wildman–Crippen LogP) is 1.12. The SMILES string of the molecule is CCNC(=NCC(C)(O)c1ccsc1)NCCN1CCN(c2ncccn2)CC1. The van der Waals surface area contributed by atoms with Gasteiger partial charge in [-0.3, -0.25) is 4.90 Å². The molecule has 0 saturated carbocycles. The van der Waals surface area contributed by atoms with Gasteiger partial charge in [-0.15, -0.1) is 0 Å². The molecule has 0 spiro atoms. The molecule has 2 aromatic heterocycles. The maximum atomic E-state index is 10.7. The Balaban J connectivity index is 1.43. The van der Waals surface area contributed by atoms with Crippen molar-refractivity contribution >= 4 is 23.2 Å². The highest BCUT2D eigenvalue weighted by atomic mass is 32.1. The number of hydrogen-bond donors (Lipinski definition) is 3. The normalized spacial score (nSPS) is 17.8. The molecule has 0 amide bonds. The molecule has 0 aliphatic carbocycles. The second-order valence-corrected chi connectivity index (χ2v) is 8.07. The third-order valence-corrected chi connectivity index (χ3v) is 5.64. The average molecular weight is 418 g/mol. The first-order chi connectivity index (χ1) is 14.1. The molecule has 1 fully saturated rings. The number of aromatic nitrogens is 2. The molecule has 1 atom stereocenters. The topological polar surface area (TPSA) is 88.9 Å². The number of nitrogens with one attached hydrogen (secondary N) is 2. The summed E-state index contributed by atoms with van der Waals surface area (Å²) in [5.74, 6) is 1.55. The van der Waals surface area contributed by atoms with Crippen molar-refractivity contribution in [1.29, 1.82) is 0 Å². The number of thiophene rings is 1. The monoisotopic (exact) mass is 417 g/mol. The van der Waals surface area contributed by atoms with E-state index in [-0.39, 0.29) is 0 Å². The molecule has 1 aliphatic heterocycles. The molecule has 1 saturated heterocycles. The lowest BCUT2D eigenvalue weighted by molar-refractivity contribution is 0.0677. The molecule has 0 aromatic carbocycles. The zero-order chi connectivity index (χ0) is 20.5. The fourth-order valence-corrected chi connectivity index (χ4v) is 3.98. The van der Waals surface area contributed by atoms with E-state index >= 15 is 0 Å². The summed E-state index contributed by atoms with van der Waals surface area (Å²) in [6, 6.07) is 3.79. The zero-order valence-electron chi connectivity index (χ0n) is 17.2. The standard InChI is InChI=1S/C20H31N7OS/c1-3-21-18(25-16-20(2,28)17-5-14-29-15-17)22-8-9-26-10-12-27(13-11-26)19-23-6-4-7-24-19/h4-7,14-15,28H,3,8-13,16H2,1-2H3,(H2,21,22,25). The van der Waals surface area contributed by atoms with Crippen LogP contribution in [0, 0.1) is 0 Å². The van der Waals surface area contributed by atoms with E-state index in [2.05, 4.69) is 35.4 Å². The Hall–Kier alpha value is -2.23. The van der Waals surface area contributed by atoms with Gasteiger partial charge in [-0.2, -0.15) is 11.3 Å². The number of guanidine groups is 1. The molecule has 9 heteroatoms. The van der Waals surface area contributed by atoms with Crippen LogP contribution in [-0.2, 0) is 5.60 Å². The van der Waals surface area contributed by atoms with E-state index in [9.17, 15) is 5.11 Å². The van der Waals surface area contributed by atoms with E-state index in [1.165, 1.54) is 0 Å². The van der Waals surface area contributed by atoms with Crippen LogP contribution in [-0.4, -0.2) is 78.3 Å². The van der Waals surface area contributed by atoms with E-state index < -0.39 is 5.60 Å². The highest BCUT2D eigenvalue weighted by Gasteiger charge is 2.23. The Morgan fingerprint density at radius 2 is 2.00 bits per heavy atom. The molecule has 1 unspecified atom stereocenters. The second-order valence-electron chi connectivity index (χ2n) is 7.29. The molecule has 29 heavy (non-hydrogen) atoms. The number of aliphatic imine (C=N–C) groups is 1. The Labute approximate surface area is 176 Å². The molecule has 3 rings (SSSR count). The van der Waals surface area contributed by atoms with Crippen LogP contribution in [0.5, 0.6) is 0 Å². The van der Waals surface area contributed by atoms with Crippen LogP contribution in [0.3, 0.4) is 0 Å². The van der Waals surface area contributed by atoms with Gasteiger partial charge in [0, 0.05) is 58.2 Å². The van der Waals surface area contributed by atoms with Crippen molar-refractivity contribution in [1.82, 2.24) is 25.5 Å². The van der Waals surface area contributed by atoms with Crippen molar-refractivity contribution in [2.45, 2.75) is 19.4 Å². The Morgan fingerprint density at radius 3 is 2.66 bits per heavy atom. The van der Waals surface area contributed by atoms with Gasteiger partial charge in [0.15, 0.2) is 5.96 Å². The summed E-state index contributed by atoms with van der Waals surface area (Å²) in [7, 11) is 0. The Kier molecular flexibility index (Phi) is 7.79. The minimum atomic E-state index is -0.960. The number of piperazine rings is 1. The van der Waals surface area contributed by atoms with Crippen molar-refractivity contribution in [2.75, 3.05) is 57.3 Å². The first-order valence-electron chi connectivity index (χ1n) is 10.1. The summed E-state index contributed by atoms with van der Waals surface area (Å²) >= 11 is 1.58. The van der Waals surface area contributed by atoms with Gasteiger partial charge in [0.1, 0.15) is 5.60 Å². The van der Waals surface area contributed by atoms with Crippen LogP contribution in [0.4, 0.5) is 5.95 Å². The summed E-state index contributed by atoms with van der Waals surface area (Å²) in [6.07, 6.45) is 3.58. The van der Waals surface area contributed by atoms with Crippen LogP contribution in [0.1, 0.15) is 19.4 Å². The van der Waals surface area contributed by atoms with E-state index in [1.807, 2.05) is 29.8 Å². The Morgan fingerprint density at radius 1 is 1.24 bits per heavy atom. The van der Waals surface area contributed by atoms with Gasteiger partial charge < -0.3 is 20.6 Å². The van der Waals surface area contributed by atoms with Gasteiger partial charge in [0.25, 0.3) is 0 Å². The molecule has 3 N–H and O–H groups in total. The fraction of sp³-hybridized carbons (Fsp3) is 0.550. The lowest BCUT2D eigenvalue weighted by Crippen LogP contribution is -2.49. The highest BCUT2D eigenvalue weighted by molar-refractivity contribution is 7.08. The summed E-state index contributed by atoms with van der Waals surface area (Å²) in [6.45, 7) is 10.5. The lowest BCUT2D eigenvalue weighted by Gasteiger charge is -2.34. The van der Waals surface area contributed by atoms with Crippen molar-refractivity contribution < 1.29 is 5.11 Å². The average Bonchev–Trinajstić information content (AvgIpc) is 3.29. The van der Waals surface area contributed by atoms with Crippen molar-refractivity contribution in [3.05, 3.63) is 40.8 Å². The molecule has 8 nitrogen and oxygen atoms in total. The van der Waals surface area contributed by atoms with E-state index in [0.717, 1.165) is 63.3 Å². The van der Waals surface area contributed by atoms with Crippen LogP contribution in [0.2, 0.25) is 0 Å². The third-order valence-electron chi connectivity index (χ3n) is 4.96. The fourth-order valence-electron chi connectivity index (χ4n) is 3.20.